The molecule has 0 heterocycles. The van der Waals surface area contributed by atoms with Crippen LogP contribution < -0.4 is 0 Å². The first kappa shape index (κ1) is 32.7. The van der Waals surface area contributed by atoms with E-state index in [9.17, 15) is 4.39 Å². The molecule has 1 unspecified atom stereocenters. The van der Waals surface area contributed by atoms with Crippen molar-refractivity contribution in [3.63, 3.8) is 0 Å². The van der Waals surface area contributed by atoms with E-state index >= 15 is 0 Å². The smallest absolute Gasteiger partial charge is 0.130 e. The minimum absolute atomic E-state index is 0. The van der Waals surface area contributed by atoms with Gasteiger partial charge in [0.25, 0.3) is 0 Å². The third-order valence-corrected chi connectivity index (χ3v) is 1.07. The van der Waals surface area contributed by atoms with Gasteiger partial charge in [-0.15, -0.1) is 0 Å². The second-order valence-electron chi connectivity index (χ2n) is 1.93. The number of alkyl halides is 1. The van der Waals surface area contributed by atoms with Gasteiger partial charge >= 0.3 is 0 Å². The van der Waals surface area contributed by atoms with Crippen molar-refractivity contribution < 1.29 is 9.50 Å². The molecule has 0 aromatic rings. The van der Waals surface area contributed by atoms with E-state index < -0.39 is 5.67 Å². The molecule has 0 spiro atoms. The molecule has 0 radical (unpaired) electrons. The Balaban J connectivity index is -0.0000000300. The molecule has 0 aliphatic rings. The largest absolute Gasteiger partial charge is 0.393 e. The topological polar surface area (TPSA) is 20.2 Å². The van der Waals surface area contributed by atoms with E-state index in [1.165, 1.54) is 6.92 Å². The summed E-state index contributed by atoms with van der Waals surface area (Å²) in [6.07, 6.45) is 0.378. The maximum atomic E-state index is 12.3. The molecular formula is C8H23FORf. The van der Waals surface area contributed by atoms with Gasteiger partial charge in [-0.2, -0.15) is 0 Å². The Morgan fingerprint density at radius 2 is 1.55 bits per heavy atom. The predicted octanol–water partition coefficient (Wildman–Crippen LogP) is 3.03. The monoisotopic (exact) mass is 421 g/mol. The Hall–Kier alpha value is -1.11. The molecule has 11 heavy (non-hydrogen) atoms. The normalized spacial score (nSPS) is 12.0. The van der Waals surface area contributed by atoms with Crippen LogP contribution in [0.15, 0.2) is 0 Å². The Kier molecular flexibility index (Phi) is 34.6. The molecule has 0 aliphatic carbocycles. The van der Waals surface area contributed by atoms with E-state index in [-0.39, 0.29) is 28.9 Å². The molecule has 0 saturated heterocycles. The van der Waals surface area contributed by atoms with Gasteiger partial charge in [-0.1, -0.05) is 29.2 Å². The number of hydrogen-bond acceptors (Lipinski definition) is 1. The van der Waals surface area contributed by atoms with E-state index in [1.54, 1.807) is 6.92 Å². The summed E-state index contributed by atoms with van der Waals surface area (Å²) in [5.74, 6) is 0. The Morgan fingerprint density at radius 3 is 1.55 bits per heavy atom. The number of aliphatic hydroxyl groups is 1. The van der Waals surface area contributed by atoms with Crippen molar-refractivity contribution in [3.05, 3.63) is 0 Å². The van der Waals surface area contributed by atoms with Crippen LogP contribution in [-0.2, 0) is 0 Å². The van der Waals surface area contributed by atoms with Crippen LogP contribution in [0.1, 0.15) is 42.5 Å². The van der Waals surface area contributed by atoms with Crippen molar-refractivity contribution >= 4 is 0 Å². The van der Waals surface area contributed by atoms with Crippen LogP contribution in [0.5, 0.6) is 0 Å². The zero-order valence-corrected chi connectivity index (χ0v) is 11.8. The van der Waals surface area contributed by atoms with Crippen LogP contribution in [0.25, 0.3) is 0 Å². The van der Waals surface area contributed by atoms with Crippen LogP contribution in [0.4, 0.5) is 4.39 Å². The maximum Gasteiger partial charge on any atom is 0.130 e. The van der Waals surface area contributed by atoms with Crippen LogP contribution in [-0.4, -0.2) is 17.4 Å². The molecule has 0 aromatic heterocycles. The van der Waals surface area contributed by atoms with Crippen LogP contribution in [0, 0.1) is 0 Å². The zero-order chi connectivity index (χ0) is 5.91. The molecule has 0 aliphatic heterocycles. The molecule has 0 bridgehead atoms. The molecule has 0 rings (SSSR count). The van der Waals surface area contributed by atoms with Crippen molar-refractivity contribution in [2.24, 2.45) is 0 Å². The first-order valence-corrected chi connectivity index (χ1v) is 2.42. The first-order valence-electron chi connectivity index (χ1n) is 2.42. The Morgan fingerprint density at radius 1 is 1.27 bits per heavy atom. The molecule has 1 atom stereocenters. The summed E-state index contributed by atoms with van der Waals surface area (Å²) in [5, 5.41) is 8.22. The molecular weight excluding hydrogens is 398 g/mol. The summed E-state index contributed by atoms with van der Waals surface area (Å²) in [6.45, 7) is 2.72. The second-order valence-corrected chi connectivity index (χ2v) is 1.93. The fourth-order valence-electron chi connectivity index (χ4n) is 0.112. The summed E-state index contributed by atoms with van der Waals surface area (Å²) >= 11 is 0. The van der Waals surface area contributed by atoms with Crippen molar-refractivity contribution in [2.45, 2.75) is 48.2 Å². The number of hydrogen-bond donors (Lipinski definition) is 1. The van der Waals surface area contributed by atoms with Gasteiger partial charge in [0.2, 0.25) is 0 Å². The van der Waals surface area contributed by atoms with E-state index in [1.807, 2.05) is 0 Å². The third kappa shape index (κ3) is 17.6. The predicted molar refractivity (Wildman–Crippen MR) is 47.1 cm³/mol. The summed E-state index contributed by atoms with van der Waals surface area (Å²) in [5.41, 5.74) is -1.36. The van der Waals surface area contributed by atoms with Crippen LogP contribution in [0.3, 0.4) is 0 Å². The van der Waals surface area contributed by atoms with Crippen LogP contribution >= 0.6 is 0 Å². The second kappa shape index (κ2) is 11.7. The number of aliphatic hydroxyl groups excluding tert-OH is 1. The summed E-state index contributed by atoms with van der Waals surface area (Å²) < 4.78 is 12.3. The van der Waals surface area contributed by atoms with Crippen molar-refractivity contribution in [1.29, 1.82) is 0 Å². The fraction of sp³-hybridized carbons (Fsp3) is 1.00. The Labute approximate surface area is 65.3 Å². The van der Waals surface area contributed by atoms with E-state index in [0.717, 1.165) is 0 Å². The van der Waals surface area contributed by atoms with Gasteiger partial charge in [0.15, 0.2) is 0 Å². The molecule has 70 valence electrons. The molecule has 0 amide bonds. The van der Waals surface area contributed by atoms with Crippen molar-refractivity contribution in [2.75, 3.05) is 6.61 Å². The van der Waals surface area contributed by atoms with Gasteiger partial charge in [0.1, 0.15) is 5.67 Å². The molecule has 0 aromatic carbocycles. The fourth-order valence-corrected chi connectivity index (χ4v) is 0.112. The molecule has 0 fully saturated rings. The van der Waals surface area contributed by atoms with E-state index in [0.29, 0.717) is 6.42 Å². The Bertz CT molecular complexity index is 52.1. The molecule has 1 nitrogen and oxygen atoms in total. The van der Waals surface area contributed by atoms with Gasteiger partial charge in [0.05, 0.1) is 6.61 Å². The molecule has 0 saturated carbocycles. The minimum Gasteiger partial charge on any atom is -0.393 e. The number of halogens is 1. The van der Waals surface area contributed by atoms with Gasteiger partial charge in [-0.25, -0.2) is 4.39 Å². The summed E-state index contributed by atoms with van der Waals surface area (Å²) in [6, 6.07) is 0. The number of rotatable bonds is 2. The summed E-state index contributed by atoms with van der Waals surface area (Å²) in [7, 11) is 0. The third-order valence-electron chi connectivity index (χ3n) is 1.07. The molecule has 3 heteroatoms. The first-order chi connectivity index (χ1) is 3.12. The maximum absolute atomic E-state index is 12.3. The van der Waals surface area contributed by atoms with Gasteiger partial charge < -0.3 is 5.11 Å². The molecule has 1 N–H and O–H groups in total. The van der Waals surface area contributed by atoms with Crippen molar-refractivity contribution in [3.8, 4) is 0 Å². The standard InChI is InChI=1S/C5H11FO.3CH4.Rf/c1-3-5(2,6)4-7;;;;/h7H,3-4H2,1-2H3;3*1H4;. The van der Waals surface area contributed by atoms with Gasteiger partial charge in [-0.3, -0.25) is 0 Å². The average molecular weight is 421 g/mol. The average Bonchev–Trinajstić information content (AvgIpc) is 1.68. The SMILES string of the molecule is C.C.C.CCC(C)(F)CO.[Rf]. The van der Waals surface area contributed by atoms with Gasteiger partial charge in [0, 0.05) is 0 Å². The quantitative estimate of drug-likeness (QED) is 0.727. The zero-order valence-electron chi connectivity index (χ0n) is 5.45. The van der Waals surface area contributed by atoms with E-state index in [2.05, 4.69) is 0 Å². The minimum atomic E-state index is -1.36. The van der Waals surface area contributed by atoms with Crippen LogP contribution in [0.2, 0.25) is 0 Å². The van der Waals surface area contributed by atoms with E-state index in [4.69, 9.17) is 5.11 Å². The summed E-state index contributed by atoms with van der Waals surface area (Å²) in [4.78, 5) is 0. The van der Waals surface area contributed by atoms with Gasteiger partial charge in [-0.05, 0) is 13.3 Å². The van der Waals surface area contributed by atoms with Crippen molar-refractivity contribution in [1.82, 2.24) is 0 Å².